The van der Waals surface area contributed by atoms with Crippen molar-refractivity contribution in [1.82, 2.24) is 0 Å². The number of ketones is 1. The third-order valence-corrected chi connectivity index (χ3v) is 2.99. The van der Waals surface area contributed by atoms with Gasteiger partial charge < -0.3 is 5.73 Å². The average molecular weight is 231 g/mol. The summed E-state index contributed by atoms with van der Waals surface area (Å²) >= 11 is 0. The molecule has 0 saturated carbocycles. The molecule has 1 atom stereocenters. The number of nitrogens with two attached hydrogens (primary N) is 1. The number of Topliss-reactive ketones (excluding diaryl/α,β-unsaturated/α-hetero) is 1. The predicted molar refractivity (Wildman–Crippen MR) is 72.9 cm³/mol. The number of hydrogen-bond donors (Lipinski definition) is 1. The van der Waals surface area contributed by atoms with E-state index in [1.807, 2.05) is 31.2 Å². The fraction of sp³-hybridized carbons (Fsp3) is 0.400. The summed E-state index contributed by atoms with van der Waals surface area (Å²) in [5, 5.41) is 0. The van der Waals surface area contributed by atoms with Gasteiger partial charge in [-0.25, -0.2) is 0 Å². The Balaban J connectivity index is 2.54. The summed E-state index contributed by atoms with van der Waals surface area (Å²) in [4.78, 5) is 11.8. The molecule has 0 aliphatic heterocycles. The highest BCUT2D eigenvalue weighted by atomic mass is 16.1. The lowest BCUT2D eigenvalue weighted by Gasteiger charge is -2.11. The van der Waals surface area contributed by atoms with Gasteiger partial charge in [0.15, 0.2) is 0 Å². The Labute approximate surface area is 104 Å². The minimum absolute atomic E-state index is 0.243. The zero-order valence-electron chi connectivity index (χ0n) is 10.7. The lowest BCUT2D eigenvalue weighted by atomic mass is 9.93. The number of rotatable bonds is 6. The van der Waals surface area contributed by atoms with E-state index in [4.69, 9.17) is 5.73 Å². The lowest BCUT2D eigenvalue weighted by Crippen LogP contribution is -2.05. The number of hydrogen-bond acceptors (Lipinski definition) is 2. The molecule has 1 rings (SSSR count). The third kappa shape index (κ3) is 4.43. The molecule has 0 aliphatic rings. The summed E-state index contributed by atoms with van der Waals surface area (Å²) in [5.74, 6) is 0.508. The normalized spacial score (nSPS) is 12.1. The van der Waals surface area contributed by atoms with Crippen molar-refractivity contribution in [3.63, 3.8) is 0 Å². The second kappa shape index (κ2) is 6.24. The highest BCUT2D eigenvalue weighted by molar-refractivity contribution is 5.81. The van der Waals surface area contributed by atoms with Crippen molar-refractivity contribution in [2.45, 2.75) is 39.0 Å². The highest BCUT2D eigenvalue weighted by Crippen LogP contribution is 2.21. The van der Waals surface area contributed by atoms with Crippen LogP contribution in [0.3, 0.4) is 0 Å². The van der Waals surface area contributed by atoms with Crippen LogP contribution >= 0.6 is 0 Å². The van der Waals surface area contributed by atoms with Crippen molar-refractivity contribution in [3.05, 3.63) is 42.0 Å². The molecule has 0 bridgehead atoms. The molecule has 0 spiro atoms. The maximum Gasteiger partial charge on any atom is 0.137 e. The molecule has 2 N–H and O–H groups in total. The second-order valence-electron chi connectivity index (χ2n) is 4.59. The maximum absolute atomic E-state index is 11.8. The fourth-order valence-corrected chi connectivity index (χ4v) is 1.76. The van der Waals surface area contributed by atoms with Gasteiger partial charge in [-0.15, -0.1) is 0 Å². The number of nitrogen functional groups attached to an aromatic ring is 1. The van der Waals surface area contributed by atoms with Crippen molar-refractivity contribution in [3.8, 4) is 0 Å². The minimum Gasteiger partial charge on any atom is -0.399 e. The first-order valence-corrected chi connectivity index (χ1v) is 6.06. The van der Waals surface area contributed by atoms with Crippen molar-refractivity contribution in [2.24, 2.45) is 0 Å². The third-order valence-electron chi connectivity index (χ3n) is 2.99. The van der Waals surface area contributed by atoms with E-state index >= 15 is 0 Å². The largest absolute Gasteiger partial charge is 0.399 e. The number of carbonyl (C=O) groups excluding carboxylic acids is 1. The molecule has 17 heavy (non-hydrogen) atoms. The van der Waals surface area contributed by atoms with Crippen molar-refractivity contribution < 1.29 is 4.79 Å². The van der Waals surface area contributed by atoms with Crippen LogP contribution in [0.1, 0.15) is 44.6 Å². The molecule has 0 radical (unpaired) electrons. The van der Waals surface area contributed by atoms with Crippen LogP contribution in [-0.2, 0) is 4.79 Å². The van der Waals surface area contributed by atoms with Gasteiger partial charge in [-0.3, -0.25) is 4.79 Å². The van der Waals surface area contributed by atoms with Gasteiger partial charge in [0.1, 0.15) is 5.78 Å². The van der Waals surface area contributed by atoms with Gasteiger partial charge in [0, 0.05) is 18.5 Å². The molecule has 0 saturated heterocycles. The quantitative estimate of drug-likeness (QED) is 0.599. The van der Waals surface area contributed by atoms with E-state index < -0.39 is 0 Å². The number of anilines is 1. The first-order valence-electron chi connectivity index (χ1n) is 6.06. The Morgan fingerprint density at radius 3 is 2.47 bits per heavy atom. The second-order valence-corrected chi connectivity index (χ2v) is 4.59. The van der Waals surface area contributed by atoms with E-state index in [1.54, 1.807) is 0 Å². The molecule has 0 heterocycles. The zero-order valence-corrected chi connectivity index (χ0v) is 10.7. The Hall–Kier alpha value is -1.57. The monoisotopic (exact) mass is 231 g/mol. The molecule has 1 aromatic carbocycles. The molecular weight excluding hydrogens is 210 g/mol. The van der Waals surface area contributed by atoms with Gasteiger partial charge >= 0.3 is 0 Å². The maximum atomic E-state index is 11.8. The Morgan fingerprint density at radius 2 is 1.94 bits per heavy atom. The smallest absolute Gasteiger partial charge is 0.137 e. The van der Waals surface area contributed by atoms with Gasteiger partial charge in [0.2, 0.25) is 0 Å². The van der Waals surface area contributed by atoms with E-state index in [0.717, 1.165) is 23.2 Å². The summed E-state index contributed by atoms with van der Waals surface area (Å²) < 4.78 is 0. The summed E-state index contributed by atoms with van der Waals surface area (Å²) in [5.41, 5.74) is 8.56. The standard InChI is InChI=1S/C15H21NO/c1-4-11(2)9-15(17)10-12(3)13-5-7-14(16)8-6-13/h5-8,12H,2,4,9-10,16H2,1,3H3. The molecule has 1 unspecified atom stereocenters. The molecule has 0 aromatic heterocycles. The van der Waals surface area contributed by atoms with Crippen molar-refractivity contribution >= 4 is 11.5 Å². The van der Waals surface area contributed by atoms with Crippen LogP contribution in [0.5, 0.6) is 0 Å². The number of carbonyl (C=O) groups is 1. The Bertz CT molecular complexity index is 392. The summed E-state index contributed by atoms with van der Waals surface area (Å²) in [7, 11) is 0. The summed E-state index contributed by atoms with van der Waals surface area (Å²) in [6.45, 7) is 7.96. The van der Waals surface area contributed by atoms with Gasteiger partial charge in [-0.05, 0) is 30.0 Å². The van der Waals surface area contributed by atoms with Gasteiger partial charge in [-0.2, -0.15) is 0 Å². The Morgan fingerprint density at radius 1 is 1.35 bits per heavy atom. The van der Waals surface area contributed by atoms with E-state index in [-0.39, 0.29) is 11.7 Å². The number of benzene rings is 1. The first kappa shape index (κ1) is 13.5. The zero-order chi connectivity index (χ0) is 12.8. The molecule has 0 aliphatic carbocycles. The van der Waals surface area contributed by atoms with Crippen molar-refractivity contribution in [1.29, 1.82) is 0 Å². The van der Waals surface area contributed by atoms with E-state index in [1.165, 1.54) is 0 Å². The molecule has 0 fully saturated rings. The van der Waals surface area contributed by atoms with Crippen LogP contribution in [0.25, 0.3) is 0 Å². The van der Waals surface area contributed by atoms with Crippen LogP contribution in [0.15, 0.2) is 36.4 Å². The van der Waals surface area contributed by atoms with Crippen LogP contribution in [0.4, 0.5) is 5.69 Å². The predicted octanol–water partition coefficient (Wildman–Crippen LogP) is 3.69. The van der Waals surface area contributed by atoms with E-state index in [9.17, 15) is 4.79 Å². The SMILES string of the molecule is C=C(CC)CC(=O)CC(C)c1ccc(N)cc1. The topological polar surface area (TPSA) is 43.1 Å². The lowest BCUT2D eigenvalue weighted by molar-refractivity contribution is -0.118. The summed E-state index contributed by atoms with van der Waals surface area (Å²) in [6.07, 6.45) is 1.96. The Kier molecular flexibility index (Phi) is 4.95. The van der Waals surface area contributed by atoms with Crippen LogP contribution < -0.4 is 5.73 Å². The van der Waals surface area contributed by atoms with Gasteiger partial charge in [0.05, 0.1) is 0 Å². The van der Waals surface area contributed by atoms with Gasteiger partial charge in [0.25, 0.3) is 0 Å². The molecule has 2 nitrogen and oxygen atoms in total. The van der Waals surface area contributed by atoms with Crippen molar-refractivity contribution in [2.75, 3.05) is 5.73 Å². The van der Waals surface area contributed by atoms with Gasteiger partial charge in [-0.1, -0.05) is 38.1 Å². The number of allylic oxidation sites excluding steroid dienone is 1. The van der Waals surface area contributed by atoms with Crippen LogP contribution in [-0.4, -0.2) is 5.78 Å². The molecule has 2 heteroatoms. The minimum atomic E-state index is 0.243. The highest BCUT2D eigenvalue weighted by Gasteiger charge is 2.11. The molecular formula is C15H21NO. The average Bonchev–Trinajstić information content (AvgIpc) is 2.29. The van der Waals surface area contributed by atoms with E-state index in [2.05, 4.69) is 13.5 Å². The van der Waals surface area contributed by atoms with Crippen LogP contribution in [0, 0.1) is 0 Å². The first-order chi connectivity index (χ1) is 8.02. The fourth-order valence-electron chi connectivity index (χ4n) is 1.76. The summed E-state index contributed by atoms with van der Waals surface area (Å²) in [6, 6.07) is 7.73. The molecule has 1 aromatic rings. The molecule has 92 valence electrons. The van der Waals surface area contributed by atoms with Crippen LogP contribution in [0.2, 0.25) is 0 Å². The molecule has 0 amide bonds. The van der Waals surface area contributed by atoms with E-state index in [0.29, 0.717) is 12.8 Å².